The van der Waals surface area contributed by atoms with Gasteiger partial charge in [-0.1, -0.05) is 18.2 Å². The van der Waals surface area contributed by atoms with Gasteiger partial charge in [0, 0.05) is 18.3 Å². The fourth-order valence-corrected chi connectivity index (χ4v) is 2.02. The summed E-state index contributed by atoms with van der Waals surface area (Å²) < 4.78 is 19.0. The number of aromatic nitrogens is 1. The van der Waals surface area contributed by atoms with Crippen molar-refractivity contribution < 1.29 is 8.81 Å². The summed E-state index contributed by atoms with van der Waals surface area (Å²) >= 11 is 0. The molecule has 0 aliphatic carbocycles. The number of oxazole rings is 1. The maximum atomic E-state index is 13.4. The van der Waals surface area contributed by atoms with E-state index < -0.39 is 0 Å². The van der Waals surface area contributed by atoms with E-state index in [1.165, 1.54) is 6.07 Å². The van der Waals surface area contributed by atoms with Gasteiger partial charge >= 0.3 is 0 Å². The van der Waals surface area contributed by atoms with Gasteiger partial charge in [0.1, 0.15) is 11.3 Å². The van der Waals surface area contributed by atoms with Gasteiger partial charge in [-0.2, -0.15) is 4.98 Å². The Morgan fingerprint density at radius 2 is 2.05 bits per heavy atom. The van der Waals surface area contributed by atoms with Crippen molar-refractivity contribution in [2.24, 2.45) is 0 Å². The molecule has 20 heavy (non-hydrogen) atoms. The molecule has 0 spiro atoms. The van der Waals surface area contributed by atoms with Crippen molar-refractivity contribution in [3.8, 4) is 0 Å². The third-order valence-electron chi connectivity index (χ3n) is 3.04. The highest BCUT2D eigenvalue weighted by Gasteiger charge is 2.06. The van der Waals surface area contributed by atoms with Gasteiger partial charge in [0.25, 0.3) is 6.01 Å². The molecule has 0 amide bonds. The minimum atomic E-state index is -0.195. The summed E-state index contributed by atoms with van der Waals surface area (Å²) in [5.41, 5.74) is 8.35. The second-order valence-corrected chi connectivity index (χ2v) is 4.51. The third-order valence-corrected chi connectivity index (χ3v) is 3.04. The maximum Gasteiger partial charge on any atom is 0.295 e. The van der Waals surface area contributed by atoms with E-state index in [-0.39, 0.29) is 5.82 Å². The Morgan fingerprint density at radius 3 is 2.90 bits per heavy atom. The first-order chi connectivity index (χ1) is 9.72. The molecule has 0 saturated carbocycles. The highest BCUT2D eigenvalue weighted by molar-refractivity contribution is 5.78. The molecule has 0 aliphatic rings. The van der Waals surface area contributed by atoms with E-state index in [9.17, 15) is 4.39 Å². The van der Waals surface area contributed by atoms with Crippen molar-refractivity contribution in [2.75, 3.05) is 17.6 Å². The Bertz CT molecular complexity index is 739. The molecule has 1 heterocycles. The number of fused-ring (bicyclic) bond motifs is 1. The van der Waals surface area contributed by atoms with Gasteiger partial charge in [-0.25, -0.2) is 4.39 Å². The first-order valence-corrected chi connectivity index (χ1v) is 6.36. The lowest BCUT2D eigenvalue weighted by atomic mass is 10.1. The standard InChI is InChI=1S/C15H14FN3O/c16-12-4-2-1-3-10(12)7-8-18-15-19-13-6-5-11(17)9-14(13)20-15/h1-6,9H,7-8,17H2,(H,18,19). The van der Waals surface area contributed by atoms with Crippen molar-refractivity contribution in [1.82, 2.24) is 4.98 Å². The normalized spacial score (nSPS) is 10.8. The van der Waals surface area contributed by atoms with Crippen LogP contribution in [-0.4, -0.2) is 11.5 Å². The molecular formula is C15H14FN3O. The highest BCUT2D eigenvalue weighted by Crippen LogP contribution is 2.21. The summed E-state index contributed by atoms with van der Waals surface area (Å²) in [6.07, 6.45) is 0.563. The van der Waals surface area contributed by atoms with Gasteiger partial charge < -0.3 is 15.5 Å². The van der Waals surface area contributed by atoms with Gasteiger partial charge in [0.2, 0.25) is 0 Å². The molecule has 4 nitrogen and oxygen atoms in total. The number of nitrogens with zero attached hydrogens (tertiary/aromatic N) is 1. The fourth-order valence-electron chi connectivity index (χ4n) is 2.02. The van der Waals surface area contributed by atoms with Crippen LogP contribution in [0.2, 0.25) is 0 Å². The van der Waals surface area contributed by atoms with Crippen molar-refractivity contribution in [3.63, 3.8) is 0 Å². The lowest BCUT2D eigenvalue weighted by Gasteiger charge is -2.03. The fraction of sp³-hybridized carbons (Fsp3) is 0.133. The first-order valence-electron chi connectivity index (χ1n) is 6.36. The summed E-state index contributed by atoms with van der Waals surface area (Å²) in [6.45, 7) is 0.545. The number of halogens is 1. The van der Waals surface area contributed by atoms with Crippen molar-refractivity contribution in [1.29, 1.82) is 0 Å². The smallest absolute Gasteiger partial charge is 0.295 e. The molecule has 3 rings (SSSR count). The van der Waals surface area contributed by atoms with Crippen LogP contribution in [0.1, 0.15) is 5.56 Å². The third kappa shape index (κ3) is 2.56. The Morgan fingerprint density at radius 1 is 1.20 bits per heavy atom. The van der Waals surface area contributed by atoms with E-state index in [0.29, 0.717) is 35.8 Å². The van der Waals surface area contributed by atoms with Gasteiger partial charge in [-0.15, -0.1) is 0 Å². The molecule has 0 bridgehead atoms. The zero-order chi connectivity index (χ0) is 13.9. The predicted molar refractivity (Wildman–Crippen MR) is 77.0 cm³/mol. The van der Waals surface area contributed by atoms with Crippen LogP contribution in [0.4, 0.5) is 16.1 Å². The largest absolute Gasteiger partial charge is 0.423 e. The van der Waals surface area contributed by atoms with E-state index in [1.807, 2.05) is 6.07 Å². The van der Waals surface area contributed by atoms with Crippen LogP contribution in [0.25, 0.3) is 11.1 Å². The number of hydrogen-bond acceptors (Lipinski definition) is 4. The molecule has 0 fully saturated rings. The Hall–Kier alpha value is -2.56. The van der Waals surface area contributed by atoms with Crippen LogP contribution in [0.3, 0.4) is 0 Å². The topological polar surface area (TPSA) is 64.1 Å². The van der Waals surface area contributed by atoms with Gasteiger partial charge in [-0.3, -0.25) is 0 Å². The van der Waals surface area contributed by atoms with Crippen LogP contribution < -0.4 is 11.1 Å². The van der Waals surface area contributed by atoms with E-state index in [2.05, 4.69) is 10.3 Å². The number of nitrogens with two attached hydrogens (primary N) is 1. The molecule has 1 aromatic heterocycles. The zero-order valence-electron chi connectivity index (χ0n) is 10.8. The van der Waals surface area contributed by atoms with Crippen LogP contribution >= 0.6 is 0 Å². The molecule has 0 atom stereocenters. The quantitative estimate of drug-likeness (QED) is 0.715. The minimum Gasteiger partial charge on any atom is -0.423 e. The molecule has 102 valence electrons. The van der Waals surface area contributed by atoms with E-state index in [1.54, 1.807) is 30.3 Å². The van der Waals surface area contributed by atoms with E-state index >= 15 is 0 Å². The second kappa shape index (κ2) is 5.21. The molecule has 3 aromatic rings. The molecule has 2 aromatic carbocycles. The van der Waals surface area contributed by atoms with Gasteiger partial charge in [0.05, 0.1) is 0 Å². The highest BCUT2D eigenvalue weighted by atomic mass is 19.1. The SMILES string of the molecule is Nc1ccc2nc(NCCc3ccccc3F)oc2c1. The minimum absolute atomic E-state index is 0.195. The van der Waals surface area contributed by atoms with Gasteiger partial charge in [-0.05, 0) is 30.2 Å². The summed E-state index contributed by atoms with van der Waals surface area (Å²) in [4.78, 5) is 4.28. The number of rotatable bonds is 4. The van der Waals surface area contributed by atoms with Crippen LogP contribution in [0.15, 0.2) is 46.9 Å². The lowest BCUT2D eigenvalue weighted by Crippen LogP contribution is -2.06. The Balaban J connectivity index is 1.67. The zero-order valence-corrected chi connectivity index (χ0v) is 10.8. The summed E-state index contributed by atoms with van der Waals surface area (Å²) in [7, 11) is 0. The Kier molecular flexibility index (Phi) is 3.25. The second-order valence-electron chi connectivity index (χ2n) is 4.51. The van der Waals surface area contributed by atoms with E-state index in [0.717, 1.165) is 5.52 Å². The number of nitrogen functional groups attached to an aromatic ring is 1. The predicted octanol–water partition coefficient (Wildman–Crippen LogP) is 3.20. The molecule has 3 N–H and O–H groups in total. The molecule has 0 saturated heterocycles. The van der Waals surface area contributed by atoms with Crippen molar-refractivity contribution in [2.45, 2.75) is 6.42 Å². The monoisotopic (exact) mass is 271 g/mol. The summed E-state index contributed by atoms with van der Waals surface area (Å²) in [5.74, 6) is -0.195. The number of anilines is 2. The molecule has 0 aliphatic heterocycles. The van der Waals surface area contributed by atoms with Crippen molar-refractivity contribution in [3.05, 3.63) is 53.8 Å². The van der Waals surface area contributed by atoms with Crippen LogP contribution in [0, 0.1) is 5.82 Å². The molecular weight excluding hydrogens is 257 g/mol. The average Bonchev–Trinajstić information content (AvgIpc) is 2.83. The first kappa shape index (κ1) is 12.5. The number of hydrogen-bond donors (Lipinski definition) is 2. The molecule has 5 heteroatoms. The van der Waals surface area contributed by atoms with Crippen LogP contribution in [0.5, 0.6) is 0 Å². The van der Waals surface area contributed by atoms with Gasteiger partial charge in [0.15, 0.2) is 5.58 Å². The summed E-state index contributed by atoms with van der Waals surface area (Å²) in [6, 6.07) is 12.4. The maximum absolute atomic E-state index is 13.4. The van der Waals surface area contributed by atoms with Crippen LogP contribution in [-0.2, 0) is 6.42 Å². The summed E-state index contributed by atoms with van der Waals surface area (Å²) in [5, 5.41) is 3.04. The van der Waals surface area contributed by atoms with E-state index in [4.69, 9.17) is 10.2 Å². The lowest BCUT2D eigenvalue weighted by molar-refractivity contribution is 0.602. The number of benzene rings is 2. The Labute approximate surface area is 115 Å². The molecule has 0 unspecified atom stereocenters. The average molecular weight is 271 g/mol. The molecule has 0 radical (unpaired) electrons. The number of nitrogens with one attached hydrogen (secondary N) is 1. The van der Waals surface area contributed by atoms with Crippen molar-refractivity contribution >= 4 is 22.8 Å².